The Morgan fingerprint density at radius 3 is 1.31 bits per heavy atom. The maximum atomic E-state index is 3.75. The highest BCUT2D eigenvalue weighted by Crippen LogP contribution is 2.67. The summed E-state index contributed by atoms with van der Waals surface area (Å²) < 4.78 is -0.472. The number of thioether (sulfide) groups is 4. The van der Waals surface area contributed by atoms with Crippen molar-refractivity contribution in [1.29, 1.82) is 0 Å². The van der Waals surface area contributed by atoms with E-state index in [0.717, 1.165) is 0 Å². The zero-order valence-electron chi connectivity index (χ0n) is 18.7. The topological polar surface area (TPSA) is 15.8 Å². The van der Waals surface area contributed by atoms with Crippen LogP contribution in [0.3, 0.4) is 0 Å². The van der Waals surface area contributed by atoms with Crippen LogP contribution >= 0.6 is 47.0 Å². The lowest BCUT2D eigenvalue weighted by Gasteiger charge is -2.28. The third-order valence-corrected chi connectivity index (χ3v) is 13.0. The summed E-state index contributed by atoms with van der Waals surface area (Å²) in [5.74, 6) is 0. The molecule has 0 atom stereocenters. The molecule has 2 aliphatic heterocycles. The van der Waals surface area contributed by atoms with Gasteiger partial charge in [-0.05, 0) is 41.5 Å². The Morgan fingerprint density at radius 1 is 0.429 bits per heavy atom. The van der Waals surface area contributed by atoms with E-state index in [-0.39, 0.29) is 8.16 Å². The summed E-state index contributed by atoms with van der Waals surface area (Å²) in [6.45, 7) is 0. The minimum atomic E-state index is -0.248. The van der Waals surface area contributed by atoms with Crippen molar-refractivity contribution in [2.75, 3.05) is 0 Å². The molecule has 0 saturated carbocycles. The number of nitrogens with one attached hydrogen (secondary N) is 1. The molecule has 3 heterocycles. The standard InChI is InChI=1S/C30H21NS4/c1-3-11-21(12-4-1)29(32-24-15-7-8-16-25(24)33-29)23-19-28(31-20-23)30(22-13-5-2-6-14-22)34-26-17-9-10-18-27(26)35-30/h1-20,31H. The van der Waals surface area contributed by atoms with Gasteiger partial charge in [0.05, 0.1) is 0 Å². The number of fused-ring (bicyclic) bond motifs is 2. The molecular weight excluding hydrogens is 503 g/mol. The lowest BCUT2D eigenvalue weighted by atomic mass is 10.0. The Labute approximate surface area is 222 Å². The highest BCUT2D eigenvalue weighted by atomic mass is 32.2. The fraction of sp³-hybridized carbons (Fsp3) is 0.0667. The van der Waals surface area contributed by atoms with Gasteiger partial charge in [0, 0.05) is 37.0 Å². The van der Waals surface area contributed by atoms with Gasteiger partial charge in [0.1, 0.15) is 8.16 Å². The van der Waals surface area contributed by atoms with E-state index in [4.69, 9.17) is 0 Å². The lowest BCUT2D eigenvalue weighted by Crippen LogP contribution is -2.18. The normalized spacial score (nSPS) is 17.1. The van der Waals surface area contributed by atoms with Gasteiger partial charge in [0.15, 0.2) is 0 Å². The van der Waals surface area contributed by atoms with Gasteiger partial charge in [-0.15, -0.1) is 0 Å². The van der Waals surface area contributed by atoms with Crippen molar-refractivity contribution < 1.29 is 0 Å². The summed E-state index contributed by atoms with van der Waals surface area (Å²) >= 11 is 7.81. The third-order valence-electron chi connectivity index (χ3n) is 6.44. The predicted molar refractivity (Wildman–Crippen MR) is 152 cm³/mol. The molecule has 0 amide bonds. The van der Waals surface area contributed by atoms with Gasteiger partial charge in [-0.2, -0.15) is 0 Å². The van der Waals surface area contributed by atoms with E-state index in [9.17, 15) is 0 Å². The number of hydrogen-bond acceptors (Lipinski definition) is 4. The van der Waals surface area contributed by atoms with E-state index in [0.29, 0.717) is 0 Å². The number of aromatic amines is 1. The highest BCUT2D eigenvalue weighted by Gasteiger charge is 2.47. The molecule has 5 heteroatoms. The van der Waals surface area contributed by atoms with Crippen molar-refractivity contribution >= 4 is 47.0 Å². The summed E-state index contributed by atoms with van der Waals surface area (Å²) in [7, 11) is 0. The molecule has 0 saturated heterocycles. The summed E-state index contributed by atoms with van der Waals surface area (Å²) in [4.78, 5) is 9.12. The molecule has 0 unspecified atom stereocenters. The molecule has 1 nitrogen and oxygen atoms in total. The van der Waals surface area contributed by atoms with Gasteiger partial charge in [0.25, 0.3) is 0 Å². The Bertz CT molecular complexity index is 1350. The highest BCUT2D eigenvalue weighted by molar-refractivity contribution is 8.20. The van der Waals surface area contributed by atoms with Crippen molar-refractivity contribution in [3.63, 3.8) is 0 Å². The molecule has 0 fully saturated rings. The largest absolute Gasteiger partial charge is 0.362 e. The Kier molecular flexibility index (Phi) is 5.36. The average Bonchev–Trinajstić information content (AvgIpc) is 3.66. The molecule has 4 aromatic carbocycles. The summed E-state index contributed by atoms with van der Waals surface area (Å²) in [5.41, 5.74) is 5.17. The zero-order valence-corrected chi connectivity index (χ0v) is 21.9. The first-order valence-electron chi connectivity index (χ1n) is 11.5. The van der Waals surface area contributed by atoms with Crippen LogP contribution in [0.5, 0.6) is 0 Å². The third kappa shape index (κ3) is 3.52. The predicted octanol–water partition coefficient (Wildman–Crippen LogP) is 9.21. The second-order valence-corrected chi connectivity index (χ2v) is 14.1. The fourth-order valence-electron chi connectivity index (χ4n) is 4.77. The molecule has 0 spiro atoms. The molecule has 1 aromatic heterocycles. The van der Waals surface area contributed by atoms with Crippen molar-refractivity contribution in [3.8, 4) is 0 Å². The SMILES string of the molecule is c1ccc(C2(c3c[nH]c(C4(c5ccccc5)Sc5ccccc5S4)c3)Sc3ccccc3S2)cc1. The van der Waals surface area contributed by atoms with Crippen LogP contribution in [0, 0.1) is 0 Å². The van der Waals surface area contributed by atoms with Crippen molar-refractivity contribution in [2.45, 2.75) is 27.7 Å². The summed E-state index contributed by atoms with van der Waals surface area (Å²) in [6, 6.07) is 41.8. The maximum absolute atomic E-state index is 3.75. The van der Waals surface area contributed by atoms with E-state index in [1.165, 1.54) is 42.0 Å². The molecule has 5 aromatic rings. The number of rotatable bonds is 4. The van der Waals surface area contributed by atoms with Gasteiger partial charge in [0.2, 0.25) is 0 Å². The molecule has 0 aliphatic carbocycles. The Hall–Kier alpha value is -2.44. The van der Waals surface area contributed by atoms with Gasteiger partial charge in [-0.1, -0.05) is 132 Å². The summed E-state index contributed by atoms with van der Waals surface area (Å²) in [6.07, 6.45) is 2.24. The molecule has 170 valence electrons. The second kappa shape index (κ2) is 8.59. The molecule has 0 bridgehead atoms. The van der Waals surface area contributed by atoms with Gasteiger partial charge >= 0.3 is 0 Å². The quantitative estimate of drug-likeness (QED) is 0.252. The number of aromatic nitrogens is 1. The number of H-pyrrole nitrogens is 1. The van der Waals surface area contributed by atoms with Crippen molar-refractivity contribution in [3.05, 3.63) is 144 Å². The Balaban J connectivity index is 1.38. The number of benzene rings is 4. The molecule has 7 rings (SSSR count). The van der Waals surface area contributed by atoms with E-state index in [2.05, 4.69) is 126 Å². The molecule has 1 N–H and O–H groups in total. The van der Waals surface area contributed by atoms with Gasteiger partial charge in [-0.25, -0.2) is 0 Å². The monoisotopic (exact) mass is 523 g/mol. The van der Waals surface area contributed by atoms with Gasteiger partial charge < -0.3 is 4.98 Å². The van der Waals surface area contributed by atoms with Crippen molar-refractivity contribution in [1.82, 2.24) is 4.98 Å². The smallest absolute Gasteiger partial charge is 0.135 e. The van der Waals surface area contributed by atoms with E-state index in [1.807, 2.05) is 47.0 Å². The summed E-state index contributed by atoms with van der Waals surface area (Å²) in [5, 5.41) is 0. The van der Waals surface area contributed by atoms with E-state index < -0.39 is 0 Å². The fourth-order valence-corrected chi connectivity index (χ4v) is 11.1. The Morgan fingerprint density at radius 2 is 0.829 bits per heavy atom. The first-order chi connectivity index (χ1) is 17.3. The first kappa shape index (κ1) is 21.8. The maximum Gasteiger partial charge on any atom is 0.135 e. The molecule has 2 aliphatic rings. The van der Waals surface area contributed by atoms with Crippen LogP contribution in [0.25, 0.3) is 0 Å². The molecule has 35 heavy (non-hydrogen) atoms. The van der Waals surface area contributed by atoms with Crippen LogP contribution in [0.4, 0.5) is 0 Å². The first-order valence-corrected chi connectivity index (χ1v) is 14.8. The van der Waals surface area contributed by atoms with Crippen LogP contribution in [0.1, 0.15) is 22.4 Å². The van der Waals surface area contributed by atoms with Crippen LogP contribution in [-0.2, 0) is 8.16 Å². The van der Waals surface area contributed by atoms with E-state index in [1.54, 1.807) is 0 Å². The minimum absolute atomic E-state index is 0.224. The van der Waals surface area contributed by atoms with Crippen LogP contribution in [0.2, 0.25) is 0 Å². The average molecular weight is 524 g/mol. The van der Waals surface area contributed by atoms with Crippen LogP contribution in [0.15, 0.2) is 141 Å². The van der Waals surface area contributed by atoms with Crippen LogP contribution in [-0.4, -0.2) is 4.98 Å². The molecule has 0 radical (unpaired) electrons. The van der Waals surface area contributed by atoms with E-state index >= 15 is 0 Å². The molecular formula is C30H21NS4. The second-order valence-electron chi connectivity index (χ2n) is 8.57. The van der Waals surface area contributed by atoms with Gasteiger partial charge in [-0.3, -0.25) is 0 Å². The lowest BCUT2D eigenvalue weighted by molar-refractivity contribution is 1.02. The number of hydrogen-bond donors (Lipinski definition) is 1. The van der Waals surface area contributed by atoms with Crippen molar-refractivity contribution in [2.24, 2.45) is 0 Å². The zero-order chi connectivity index (χ0) is 23.3. The minimum Gasteiger partial charge on any atom is -0.362 e. The van der Waals surface area contributed by atoms with Crippen LogP contribution < -0.4 is 0 Å².